The number of hydrogen-bond acceptors (Lipinski definition) is 9. The van der Waals surface area contributed by atoms with E-state index in [0.717, 1.165) is 20.3 Å². The van der Waals surface area contributed by atoms with Gasteiger partial charge in [0.05, 0.1) is 31.0 Å². The van der Waals surface area contributed by atoms with Crippen LogP contribution in [0, 0.1) is 0 Å². The van der Waals surface area contributed by atoms with Crippen LogP contribution in [0.2, 0.25) is 0 Å². The fourth-order valence-electron chi connectivity index (χ4n) is 5.05. The Hall–Kier alpha value is -5.19. The molecule has 0 bridgehead atoms. The summed E-state index contributed by atoms with van der Waals surface area (Å²) >= 11 is 0. The predicted octanol–water partition coefficient (Wildman–Crippen LogP) is 2.76. The Morgan fingerprint density at radius 3 is 2.44 bits per heavy atom. The van der Waals surface area contributed by atoms with Crippen molar-refractivity contribution in [2.75, 3.05) is 26.6 Å². The molecule has 5 rings (SSSR count). The Bertz CT molecular complexity index is 1880. The molecule has 0 saturated heterocycles. The Morgan fingerprint density at radius 1 is 0.976 bits per heavy atom. The number of ether oxygens (including phenoxy) is 3. The van der Waals surface area contributed by atoms with Crippen molar-refractivity contribution in [2.45, 2.75) is 12.8 Å². The van der Waals surface area contributed by atoms with Crippen LogP contribution in [0.3, 0.4) is 0 Å². The van der Waals surface area contributed by atoms with E-state index in [1.165, 1.54) is 14.1 Å². The van der Waals surface area contributed by atoms with Gasteiger partial charge in [0.15, 0.2) is 18.1 Å². The van der Waals surface area contributed by atoms with Crippen molar-refractivity contribution in [3.63, 3.8) is 0 Å². The van der Waals surface area contributed by atoms with Crippen molar-refractivity contribution in [1.29, 1.82) is 0 Å². The van der Waals surface area contributed by atoms with Crippen LogP contribution in [0.1, 0.15) is 44.0 Å². The van der Waals surface area contributed by atoms with Crippen molar-refractivity contribution < 1.29 is 23.8 Å². The summed E-state index contributed by atoms with van der Waals surface area (Å²) in [5.41, 5.74) is 8.07. The number of pyridine rings is 1. The smallest absolute Gasteiger partial charge is 0.339 e. The molecule has 0 atom stereocenters. The van der Waals surface area contributed by atoms with Gasteiger partial charge >= 0.3 is 11.7 Å². The summed E-state index contributed by atoms with van der Waals surface area (Å²) in [5, 5.41) is 0.591. The van der Waals surface area contributed by atoms with Crippen LogP contribution in [0.15, 0.2) is 52.1 Å². The fraction of sp³-hybridized carbons (Fsp3) is 0.233. The molecule has 4 aromatic rings. The number of benzene rings is 2. The topological polar surface area (TPSA) is 145 Å². The van der Waals surface area contributed by atoms with E-state index < -0.39 is 35.2 Å². The van der Waals surface area contributed by atoms with Gasteiger partial charge in [-0.15, -0.1) is 0 Å². The number of nitrogen functional groups attached to an aromatic ring is 1. The van der Waals surface area contributed by atoms with Crippen LogP contribution < -0.4 is 26.5 Å². The maximum absolute atomic E-state index is 13.5. The lowest BCUT2D eigenvalue weighted by Crippen LogP contribution is -2.42. The first kappa shape index (κ1) is 27.4. The molecule has 2 heterocycles. The van der Waals surface area contributed by atoms with Crippen molar-refractivity contribution in [1.82, 2.24) is 14.1 Å². The van der Waals surface area contributed by atoms with Crippen LogP contribution in [0.4, 0.5) is 5.82 Å². The van der Waals surface area contributed by atoms with E-state index in [2.05, 4.69) is 0 Å². The van der Waals surface area contributed by atoms with E-state index in [-0.39, 0.29) is 5.82 Å². The number of nitrogens with zero attached hydrogens (tertiary/aromatic N) is 3. The van der Waals surface area contributed by atoms with E-state index in [0.29, 0.717) is 52.1 Å². The molecule has 0 radical (unpaired) electrons. The van der Waals surface area contributed by atoms with Gasteiger partial charge < -0.3 is 19.9 Å². The van der Waals surface area contributed by atoms with Gasteiger partial charge in [0.2, 0.25) is 5.78 Å². The number of rotatable bonds is 7. The SMILES string of the molecule is COc1ccc(/C=C2\CCc3c2nc2ccccc2c3C(=O)OCC(=O)c2c(N)n(C)c(=O)n(C)c2=O)cc1OC. The number of ketones is 1. The molecule has 2 aromatic carbocycles. The molecule has 0 unspecified atom stereocenters. The highest BCUT2D eigenvalue weighted by Crippen LogP contribution is 2.38. The van der Waals surface area contributed by atoms with Gasteiger partial charge in [-0.25, -0.2) is 14.6 Å². The highest BCUT2D eigenvalue weighted by Gasteiger charge is 2.29. The maximum atomic E-state index is 13.5. The first-order valence-electron chi connectivity index (χ1n) is 12.8. The Labute approximate surface area is 234 Å². The summed E-state index contributed by atoms with van der Waals surface area (Å²) in [6.45, 7) is -0.726. The monoisotopic (exact) mass is 556 g/mol. The minimum Gasteiger partial charge on any atom is -0.493 e. The van der Waals surface area contributed by atoms with Crippen LogP contribution in [0.25, 0.3) is 22.6 Å². The maximum Gasteiger partial charge on any atom is 0.339 e. The lowest BCUT2D eigenvalue weighted by atomic mass is 10.0. The zero-order chi connectivity index (χ0) is 29.4. The molecule has 1 aliphatic carbocycles. The summed E-state index contributed by atoms with van der Waals surface area (Å²) in [7, 11) is 5.73. The number of esters is 1. The Kier molecular flexibility index (Phi) is 7.19. The summed E-state index contributed by atoms with van der Waals surface area (Å²) in [6.07, 6.45) is 3.17. The zero-order valence-electron chi connectivity index (χ0n) is 23.0. The molecule has 210 valence electrons. The van der Waals surface area contributed by atoms with E-state index >= 15 is 0 Å². The third-order valence-corrected chi connectivity index (χ3v) is 7.22. The number of anilines is 1. The van der Waals surface area contributed by atoms with Crippen molar-refractivity contribution in [3.05, 3.63) is 91.3 Å². The van der Waals surface area contributed by atoms with Crippen LogP contribution in [-0.4, -0.2) is 46.7 Å². The van der Waals surface area contributed by atoms with Crippen molar-refractivity contribution in [3.8, 4) is 11.5 Å². The molecule has 0 aliphatic heterocycles. The molecule has 0 spiro atoms. The molecule has 0 fully saturated rings. The van der Waals surface area contributed by atoms with E-state index in [1.807, 2.05) is 30.3 Å². The van der Waals surface area contributed by atoms with Gasteiger partial charge in [-0.3, -0.25) is 18.7 Å². The molecule has 0 amide bonds. The number of carbonyl (C=O) groups is 2. The quantitative estimate of drug-likeness (QED) is 0.268. The highest BCUT2D eigenvalue weighted by molar-refractivity contribution is 6.08. The van der Waals surface area contributed by atoms with Crippen molar-refractivity contribution >= 4 is 40.1 Å². The number of carbonyl (C=O) groups excluding carboxylic acids is 2. The lowest BCUT2D eigenvalue weighted by Gasteiger charge is -2.13. The average Bonchev–Trinajstić information content (AvgIpc) is 3.38. The summed E-state index contributed by atoms with van der Waals surface area (Å²) in [5.74, 6) is -0.617. The average molecular weight is 557 g/mol. The van der Waals surface area contributed by atoms with Gasteiger partial charge in [-0.1, -0.05) is 24.3 Å². The summed E-state index contributed by atoms with van der Waals surface area (Å²) in [6, 6.07) is 12.8. The number of methoxy groups -OCH3 is 2. The van der Waals surface area contributed by atoms with Gasteiger partial charge in [0.1, 0.15) is 11.4 Å². The number of Topliss-reactive ketones (excluding diaryl/α,β-unsaturated/α-hetero) is 1. The van der Waals surface area contributed by atoms with Gasteiger partial charge in [-0.05, 0) is 53.8 Å². The highest BCUT2D eigenvalue weighted by atomic mass is 16.5. The van der Waals surface area contributed by atoms with Crippen LogP contribution >= 0.6 is 0 Å². The predicted molar refractivity (Wildman–Crippen MR) is 153 cm³/mol. The zero-order valence-corrected chi connectivity index (χ0v) is 23.0. The minimum atomic E-state index is -0.855. The molecule has 0 saturated carbocycles. The van der Waals surface area contributed by atoms with E-state index in [1.54, 1.807) is 32.4 Å². The Balaban J connectivity index is 1.51. The van der Waals surface area contributed by atoms with Crippen LogP contribution in [-0.2, 0) is 25.3 Å². The normalized spacial score (nSPS) is 13.3. The molecule has 11 nitrogen and oxygen atoms in total. The Morgan fingerprint density at radius 2 is 1.71 bits per heavy atom. The second-order valence-electron chi connectivity index (χ2n) is 9.58. The van der Waals surface area contributed by atoms with Gasteiger partial charge in [0.25, 0.3) is 5.56 Å². The standard InChI is InChI=1S/C30H28N4O7/c1-33-27(31)25(28(36)34(2)30(33)38)21(35)15-41-29(37)24-18-7-5-6-8-20(18)32-26-17(10-11-19(24)26)13-16-9-12-22(39-3)23(14-16)40-4/h5-9,12-14H,10-11,15,31H2,1-4H3/b17-13+. The van der Waals surface area contributed by atoms with Gasteiger partial charge in [-0.2, -0.15) is 0 Å². The van der Waals surface area contributed by atoms with Gasteiger partial charge in [0, 0.05) is 19.5 Å². The molecular formula is C30H28N4O7. The first-order chi connectivity index (χ1) is 19.7. The molecule has 11 heteroatoms. The minimum absolute atomic E-state index is 0.292. The number of aromatic nitrogens is 3. The number of para-hydroxylation sites is 1. The number of nitrogens with two attached hydrogens (primary N) is 1. The summed E-state index contributed by atoms with van der Waals surface area (Å²) in [4.78, 5) is 56.0. The fourth-order valence-corrected chi connectivity index (χ4v) is 5.05. The second-order valence-corrected chi connectivity index (χ2v) is 9.58. The molecule has 2 aromatic heterocycles. The molecule has 1 aliphatic rings. The second kappa shape index (κ2) is 10.8. The van der Waals surface area contributed by atoms with E-state index in [9.17, 15) is 19.2 Å². The van der Waals surface area contributed by atoms with Crippen LogP contribution in [0.5, 0.6) is 11.5 Å². The van der Waals surface area contributed by atoms with E-state index in [4.69, 9.17) is 24.9 Å². The number of hydrogen-bond donors (Lipinski definition) is 1. The third kappa shape index (κ3) is 4.75. The first-order valence-corrected chi connectivity index (χ1v) is 12.8. The molecular weight excluding hydrogens is 528 g/mol. The molecule has 41 heavy (non-hydrogen) atoms. The molecule has 2 N–H and O–H groups in total. The number of allylic oxidation sites excluding steroid dienone is 1. The van der Waals surface area contributed by atoms with Crippen molar-refractivity contribution in [2.24, 2.45) is 14.1 Å². The summed E-state index contributed by atoms with van der Waals surface area (Å²) < 4.78 is 18.0. The third-order valence-electron chi connectivity index (χ3n) is 7.22. The largest absolute Gasteiger partial charge is 0.493 e. The number of fused-ring (bicyclic) bond motifs is 2. The lowest BCUT2D eigenvalue weighted by molar-refractivity contribution is 0.0475.